The number of hydrogen-bond acceptors (Lipinski definition) is 6. The van der Waals surface area contributed by atoms with Crippen LogP contribution in [0.25, 0.3) is 11.3 Å². The number of aliphatic hydroxyl groups is 1. The van der Waals surface area contributed by atoms with Crippen molar-refractivity contribution in [1.29, 1.82) is 0 Å². The highest BCUT2D eigenvalue weighted by Gasteiger charge is 2.46. The van der Waals surface area contributed by atoms with Gasteiger partial charge >= 0.3 is 0 Å². The molecule has 36 heavy (non-hydrogen) atoms. The van der Waals surface area contributed by atoms with Crippen molar-refractivity contribution >= 4 is 17.4 Å². The zero-order valence-corrected chi connectivity index (χ0v) is 19.8. The van der Waals surface area contributed by atoms with Gasteiger partial charge in [-0.05, 0) is 42.0 Å². The van der Waals surface area contributed by atoms with E-state index in [0.717, 1.165) is 11.1 Å². The summed E-state index contributed by atoms with van der Waals surface area (Å²) in [5.74, 6) is -1.24. The second-order valence-electron chi connectivity index (χ2n) is 8.57. The van der Waals surface area contributed by atoms with Gasteiger partial charge in [0.25, 0.3) is 5.91 Å². The van der Waals surface area contributed by atoms with Gasteiger partial charge in [0.2, 0.25) is 0 Å². The molecule has 1 aliphatic rings. The molecular formula is C29H24N2O5. The van der Waals surface area contributed by atoms with Crippen molar-refractivity contribution in [1.82, 2.24) is 5.16 Å². The molecule has 0 spiro atoms. The summed E-state index contributed by atoms with van der Waals surface area (Å²) in [6, 6.07) is 24.5. The molecule has 4 aromatic rings. The Balaban J connectivity index is 1.58. The van der Waals surface area contributed by atoms with Crippen LogP contribution in [0.2, 0.25) is 0 Å². The van der Waals surface area contributed by atoms with Crippen LogP contribution in [0.4, 0.5) is 5.69 Å². The van der Waals surface area contributed by atoms with E-state index in [-0.39, 0.29) is 11.5 Å². The Hall–Kier alpha value is -4.65. The number of benzene rings is 3. The normalized spacial score (nSPS) is 16.3. The van der Waals surface area contributed by atoms with Gasteiger partial charge in [-0.25, -0.2) is 0 Å². The van der Waals surface area contributed by atoms with E-state index < -0.39 is 23.5 Å². The first-order valence-electron chi connectivity index (χ1n) is 11.5. The fourth-order valence-electron chi connectivity index (χ4n) is 4.61. The molecule has 1 amide bonds. The average Bonchev–Trinajstić information content (AvgIpc) is 3.56. The van der Waals surface area contributed by atoms with Crippen LogP contribution in [0.15, 0.2) is 107 Å². The molecule has 1 aliphatic heterocycles. The monoisotopic (exact) mass is 480 g/mol. The predicted octanol–water partition coefficient (Wildman–Crippen LogP) is 5.56. The molecule has 7 nitrogen and oxygen atoms in total. The van der Waals surface area contributed by atoms with Crippen LogP contribution in [-0.4, -0.2) is 35.1 Å². The number of Topliss-reactive ketones (excluding diaryl/α,β-unsaturated/α-hetero) is 1. The third-order valence-electron chi connectivity index (χ3n) is 6.53. The first-order valence-corrected chi connectivity index (χ1v) is 11.5. The van der Waals surface area contributed by atoms with E-state index in [1.807, 2.05) is 49.4 Å². The number of methoxy groups -OCH3 is 1. The minimum Gasteiger partial charge on any atom is -0.503 e. The fraction of sp³-hybridized carbons (Fsp3) is 0.138. The molecule has 1 N–H and O–H groups in total. The maximum atomic E-state index is 13.7. The molecule has 1 aromatic heterocycles. The number of nitrogens with zero attached hydrogens (tertiary/aromatic N) is 2. The number of amides is 1. The standard InChI is InChI=1S/C29H24N2O5/c1-18(19-6-4-3-5-7-19)26-25(27(32)21-10-14-23(35-2)15-11-21)28(33)29(34)31(26)22-12-8-20(9-13-22)24-16-17-36-30-24/h3-18,26,33H,1-2H3. The lowest BCUT2D eigenvalue weighted by Crippen LogP contribution is -2.40. The van der Waals surface area contributed by atoms with Crippen molar-refractivity contribution in [2.75, 3.05) is 12.0 Å². The van der Waals surface area contributed by atoms with Crippen molar-refractivity contribution < 1.29 is 24.0 Å². The second-order valence-corrected chi connectivity index (χ2v) is 8.57. The number of aromatic nitrogens is 1. The largest absolute Gasteiger partial charge is 0.503 e. The average molecular weight is 481 g/mol. The van der Waals surface area contributed by atoms with Crippen molar-refractivity contribution in [3.05, 3.63) is 114 Å². The number of rotatable bonds is 7. The maximum absolute atomic E-state index is 13.7. The highest BCUT2D eigenvalue weighted by Crippen LogP contribution is 2.40. The van der Waals surface area contributed by atoms with Gasteiger partial charge in [-0.1, -0.05) is 54.5 Å². The van der Waals surface area contributed by atoms with Crippen LogP contribution in [0.1, 0.15) is 28.8 Å². The van der Waals surface area contributed by atoms with Gasteiger partial charge in [0.15, 0.2) is 11.5 Å². The summed E-state index contributed by atoms with van der Waals surface area (Å²) in [6.45, 7) is 1.95. The predicted molar refractivity (Wildman–Crippen MR) is 135 cm³/mol. The summed E-state index contributed by atoms with van der Waals surface area (Å²) < 4.78 is 10.1. The van der Waals surface area contributed by atoms with E-state index in [1.54, 1.807) is 49.6 Å². The fourth-order valence-corrected chi connectivity index (χ4v) is 4.61. The molecule has 5 rings (SSSR count). The molecule has 0 aliphatic carbocycles. The summed E-state index contributed by atoms with van der Waals surface area (Å²) in [4.78, 5) is 28.6. The topological polar surface area (TPSA) is 92.9 Å². The molecule has 0 saturated heterocycles. The number of carbonyl (C=O) groups is 2. The summed E-state index contributed by atoms with van der Waals surface area (Å²) >= 11 is 0. The van der Waals surface area contributed by atoms with Gasteiger partial charge in [0.1, 0.15) is 17.7 Å². The van der Waals surface area contributed by atoms with E-state index in [9.17, 15) is 14.7 Å². The van der Waals surface area contributed by atoms with Gasteiger partial charge in [-0.3, -0.25) is 14.5 Å². The van der Waals surface area contributed by atoms with Crippen LogP contribution in [0.3, 0.4) is 0 Å². The Labute approximate surface area is 208 Å². The molecule has 2 heterocycles. The Morgan fingerprint density at radius 3 is 2.31 bits per heavy atom. The first kappa shape index (κ1) is 23.1. The molecule has 180 valence electrons. The van der Waals surface area contributed by atoms with Crippen molar-refractivity contribution in [3.63, 3.8) is 0 Å². The van der Waals surface area contributed by atoms with Crippen LogP contribution in [0, 0.1) is 0 Å². The van der Waals surface area contributed by atoms with E-state index in [2.05, 4.69) is 5.16 Å². The number of anilines is 1. The summed E-state index contributed by atoms with van der Waals surface area (Å²) in [5.41, 5.74) is 3.41. The summed E-state index contributed by atoms with van der Waals surface area (Å²) in [7, 11) is 1.55. The number of ketones is 1. The lowest BCUT2D eigenvalue weighted by molar-refractivity contribution is -0.117. The maximum Gasteiger partial charge on any atom is 0.294 e. The minimum atomic E-state index is -0.715. The zero-order chi connectivity index (χ0) is 25.2. The highest BCUT2D eigenvalue weighted by molar-refractivity contribution is 6.21. The zero-order valence-electron chi connectivity index (χ0n) is 19.8. The van der Waals surface area contributed by atoms with Crippen molar-refractivity contribution in [2.24, 2.45) is 0 Å². The molecule has 3 aromatic carbocycles. The molecular weight excluding hydrogens is 456 g/mol. The van der Waals surface area contributed by atoms with Gasteiger partial charge in [-0.2, -0.15) is 0 Å². The number of ether oxygens (including phenoxy) is 1. The van der Waals surface area contributed by atoms with Gasteiger partial charge in [-0.15, -0.1) is 0 Å². The van der Waals surface area contributed by atoms with Crippen LogP contribution < -0.4 is 9.64 Å². The Morgan fingerprint density at radius 2 is 1.69 bits per heavy atom. The third kappa shape index (κ3) is 4.05. The summed E-state index contributed by atoms with van der Waals surface area (Å²) in [5, 5.41) is 15.0. The Kier molecular flexibility index (Phi) is 6.12. The summed E-state index contributed by atoms with van der Waals surface area (Å²) in [6.07, 6.45) is 1.49. The van der Waals surface area contributed by atoms with E-state index in [0.29, 0.717) is 22.7 Å². The third-order valence-corrected chi connectivity index (χ3v) is 6.53. The molecule has 2 unspecified atom stereocenters. The highest BCUT2D eigenvalue weighted by atomic mass is 16.5. The lowest BCUT2D eigenvalue weighted by atomic mass is 9.85. The lowest BCUT2D eigenvalue weighted by Gasteiger charge is -2.31. The first-order chi connectivity index (χ1) is 17.5. The number of carbonyl (C=O) groups excluding carboxylic acids is 2. The van der Waals surface area contributed by atoms with Crippen LogP contribution in [-0.2, 0) is 4.79 Å². The van der Waals surface area contributed by atoms with Crippen LogP contribution in [0.5, 0.6) is 5.75 Å². The molecule has 0 fully saturated rings. The molecule has 2 atom stereocenters. The molecule has 7 heteroatoms. The van der Waals surface area contributed by atoms with E-state index >= 15 is 0 Å². The molecule has 0 radical (unpaired) electrons. The van der Waals surface area contributed by atoms with Gasteiger partial charge < -0.3 is 14.4 Å². The van der Waals surface area contributed by atoms with Gasteiger partial charge in [0.05, 0.1) is 18.7 Å². The Morgan fingerprint density at radius 1 is 1.00 bits per heavy atom. The molecule has 0 saturated carbocycles. The quantitative estimate of drug-likeness (QED) is 0.348. The number of hydrogen-bond donors (Lipinski definition) is 1. The van der Waals surface area contributed by atoms with Gasteiger partial charge in [0, 0.05) is 28.8 Å². The molecule has 0 bridgehead atoms. The minimum absolute atomic E-state index is 0.0714. The smallest absolute Gasteiger partial charge is 0.294 e. The Bertz CT molecular complexity index is 1410. The van der Waals surface area contributed by atoms with E-state index in [1.165, 1.54) is 11.2 Å². The van der Waals surface area contributed by atoms with E-state index in [4.69, 9.17) is 9.26 Å². The number of aliphatic hydroxyl groups excluding tert-OH is 1. The second kappa shape index (κ2) is 9.54. The van der Waals surface area contributed by atoms with Crippen LogP contribution >= 0.6 is 0 Å². The SMILES string of the molecule is COc1ccc(C(=O)C2=C(O)C(=O)N(c3ccc(-c4ccon4)cc3)C2C(C)c2ccccc2)cc1. The van der Waals surface area contributed by atoms with Crippen molar-refractivity contribution in [3.8, 4) is 17.0 Å². The van der Waals surface area contributed by atoms with Crippen molar-refractivity contribution in [2.45, 2.75) is 18.9 Å².